The number of benzene rings is 2. The summed E-state index contributed by atoms with van der Waals surface area (Å²) in [6.45, 7) is 3.78. The summed E-state index contributed by atoms with van der Waals surface area (Å²) in [5.74, 6) is -2.26. The molecule has 346 valence electrons. The normalized spacial score (nSPS) is 32.1. The van der Waals surface area contributed by atoms with E-state index < -0.39 is 90.8 Å². The summed E-state index contributed by atoms with van der Waals surface area (Å²) in [6.07, 6.45) is 0.841. The molecule has 7 rings (SSSR count). The number of hydrogen-bond acceptors (Lipinski definition) is 15. The van der Waals surface area contributed by atoms with Crippen LogP contribution in [0.2, 0.25) is 0 Å². The number of nitrogens with one attached hydrogen (secondary N) is 2. The van der Waals surface area contributed by atoms with Gasteiger partial charge in [0.05, 0.1) is 26.4 Å². The van der Waals surface area contributed by atoms with Crippen LogP contribution in [0, 0.1) is 5.41 Å². The van der Waals surface area contributed by atoms with Gasteiger partial charge in [0.25, 0.3) is 5.91 Å². The molecule has 1 saturated carbocycles. The molecule has 2 unspecified atom stereocenters. The average Bonchev–Trinajstić information content (AvgIpc) is 3.84. The lowest BCUT2D eigenvalue weighted by Crippen LogP contribution is -2.69. The number of aliphatic hydroxyl groups excluding tert-OH is 5. The van der Waals surface area contributed by atoms with Crippen molar-refractivity contribution < 1.29 is 68.4 Å². The number of hydrogen-bond donors (Lipinski definition) is 7. The predicted molar refractivity (Wildman–Crippen MR) is 225 cm³/mol. The van der Waals surface area contributed by atoms with E-state index in [0.717, 1.165) is 49.7 Å². The van der Waals surface area contributed by atoms with Gasteiger partial charge < -0.3 is 59.9 Å². The zero-order valence-corrected chi connectivity index (χ0v) is 36.0. The van der Waals surface area contributed by atoms with Crippen LogP contribution in [0.25, 0.3) is 6.08 Å². The quantitative estimate of drug-likeness (QED) is 0.0702. The smallest absolute Gasteiger partial charge is 0.327 e. The zero-order valence-electron chi connectivity index (χ0n) is 36.0. The number of unbranched alkanes of at least 4 members (excludes halogenated alkanes) is 4. The van der Waals surface area contributed by atoms with Crippen LogP contribution in [0.5, 0.6) is 0 Å². The summed E-state index contributed by atoms with van der Waals surface area (Å²) in [6, 6.07) is 13.2. The number of rotatable bonds is 21. The summed E-state index contributed by atoms with van der Waals surface area (Å²) < 4.78 is 31.1. The molecular formula is C46H63N3O14. The van der Waals surface area contributed by atoms with E-state index in [1.807, 2.05) is 24.3 Å². The topological polar surface area (TPSA) is 235 Å². The van der Waals surface area contributed by atoms with E-state index in [-0.39, 0.29) is 45.2 Å². The standard InChI is InChI=1S/C46H63N3O14/c1-3-5-7-17-45(18-8-6-4-2)61-37-32-24-46(44(57)48-25-29-13-10-16-31(23-29)41(55)47-19-20-50)39(42(56)59-32)49(63-40(46)38(37)62-45)26-30-14-9-12-28(22-30)15-11-21-58-43-36(54)35(53)34(52)33(27-51)60-43/h9-16,22-23,32-40,43,50-54H,3-8,17-21,24-27H2,1-2H3,(H,47,55)(H,48,57)/t32?,33-,34+,35+,36-,37+,38+,39+,40-,43+,46?/m1/s1. The minimum absolute atomic E-state index is 0.0270. The van der Waals surface area contributed by atoms with E-state index in [0.29, 0.717) is 24.0 Å². The maximum atomic E-state index is 14.9. The van der Waals surface area contributed by atoms with Crippen LogP contribution < -0.4 is 10.6 Å². The Morgan fingerprint density at radius 1 is 0.905 bits per heavy atom. The summed E-state index contributed by atoms with van der Waals surface area (Å²) >= 11 is 0. The van der Waals surface area contributed by atoms with Crippen molar-refractivity contribution in [3.63, 3.8) is 0 Å². The van der Waals surface area contributed by atoms with Crippen molar-refractivity contribution in [2.75, 3.05) is 26.4 Å². The number of fused-ring (bicyclic) bond motifs is 4. The van der Waals surface area contributed by atoms with Gasteiger partial charge in [0.2, 0.25) is 5.91 Å². The van der Waals surface area contributed by atoms with Crippen molar-refractivity contribution in [2.45, 2.75) is 152 Å². The van der Waals surface area contributed by atoms with Crippen molar-refractivity contribution in [1.29, 1.82) is 0 Å². The molecule has 2 bridgehead atoms. The predicted octanol–water partition coefficient (Wildman–Crippen LogP) is 2.00. The van der Waals surface area contributed by atoms with Crippen LogP contribution >= 0.6 is 0 Å². The van der Waals surface area contributed by atoms with Crippen molar-refractivity contribution >= 4 is 23.9 Å². The van der Waals surface area contributed by atoms with Gasteiger partial charge in [-0.2, -0.15) is 5.06 Å². The van der Waals surface area contributed by atoms with Crippen LogP contribution in [0.1, 0.15) is 98.7 Å². The Morgan fingerprint density at radius 2 is 1.63 bits per heavy atom. The number of carbonyl (C=O) groups excluding carboxylic acids is 3. The van der Waals surface area contributed by atoms with Crippen molar-refractivity contribution in [3.05, 3.63) is 76.9 Å². The van der Waals surface area contributed by atoms with Crippen molar-refractivity contribution in [1.82, 2.24) is 15.7 Å². The van der Waals surface area contributed by atoms with E-state index in [9.17, 15) is 34.8 Å². The lowest BCUT2D eigenvalue weighted by molar-refractivity contribution is -0.298. The molecule has 0 spiro atoms. The maximum absolute atomic E-state index is 14.9. The van der Waals surface area contributed by atoms with Crippen LogP contribution in [0.15, 0.2) is 54.6 Å². The monoisotopic (exact) mass is 881 g/mol. The lowest BCUT2D eigenvalue weighted by Gasteiger charge is -2.48. The van der Waals surface area contributed by atoms with Crippen LogP contribution in [0.4, 0.5) is 0 Å². The molecule has 17 nitrogen and oxygen atoms in total. The Balaban J connectivity index is 1.12. The molecular weight excluding hydrogens is 819 g/mol. The largest absolute Gasteiger partial charge is 0.458 e. The first-order valence-electron chi connectivity index (χ1n) is 22.4. The minimum Gasteiger partial charge on any atom is -0.458 e. The van der Waals surface area contributed by atoms with Gasteiger partial charge in [-0.15, -0.1) is 0 Å². The zero-order chi connectivity index (χ0) is 44.7. The summed E-state index contributed by atoms with van der Waals surface area (Å²) in [4.78, 5) is 48.7. The van der Waals surface area contributed by atoms with E-state index in [2.05, 4.69) is 24.5 Å². The van der Waals surface area contributed by atoms with Gasteiger partial charge >= 0.3 is 5.97 Å². The molecule has 5 aliphatic rings. The molecule has 2 aromatic rings. The molecule has 17 heteroatoms. The van der Waals surface area contributed by atoms with Crippen LogP contribution in [0.3, 0.4) is 0 Å². The van der Waals surface area contributed by atoms with Gasteiger partial charge in [-0.05, 0) is 41.7 Å². The van der Waals surface area contributed by atoms with Gasteiger partial charge in [-0.25, -0.2) is 0 Å². The highest BCUT2D eigenvalue weighted by Crippen LogP contribution is 2.58. The Morgan fingerprint density at radius 3 is 2.37 bits per heavy atom. The number of ether oxygens (including phenoxy) is 5. The first kappa shape index (κ1) is 47.1. The molecule has 63 heavy (non-hydrogen) atoms. The number of carbonyl (C=O) groups is 3. The summed E-state index contributed by atoms with van der Waals surface area (Å²) in [5, 5.41) is 56.4. The van der Waals surface area contributed by atoms with Gasteiger partial charge in [0.15, 0.2) is 18.1 Å². The van der Waals surface area contributed by atoms with Crippen molar-refractivity contribution in [3.8, 4) is 0 Å². The first-order valence-corrected chi connectivity index (χ1v) is 22.4. The molecule has 11 atom stereocenters. The Hall–Kier alpha value is -3.85. The van der Waals surface area contributed by atoms with E-state index in [4.69, 9.17) is 33.6 Å². The second kappa shape index (κ2) is 21.0. The number of esters is 1. The van der Waals surface area contributed by atoms with Crippen LogP contribution in [-0.2, 0) is 51.2 Å². The third kappa shape index (κ3) is 10.0. The maximum Gasteiger partial charge on any atom is 0.327 e. The molecule has 0 aromatic heterocycles. The third-order valence-electron chi connectivity index (χ3n) is 12.8. The molecule has 7 N–H and O–H groups in total. The molecule has 0 radical (unpaired) electrons. The fourth-order valence-corrected chi connectivity index (χ4v) is 9.65. The molecule has 2 aromatic carbocycles. The second-order valence-electron chi connectivity index (χ2n) is 17.3. The summed E-state index contributed by atoms with van der Waals surface area (Å²) in [7, 11) is 0. The molecule has 1 aliphatic carbocycles. The lowest BCUT2D eigenvalue weighted by atomic mass is 9.62. The highest BCUT2D eigenvalue weighted by Gasteiger charge is 2.76. The van der Waals surface area contributed by atoms with Gasteiger partial charge in [0, 0.05) is 37.9 Å². The molecule has 4 aliphatic heterocycles. The highest BCUT2D eigenvalue weighted by molar-refractivity contribution is 5.95. The average molecular weight is 882 g/mol. The van der Waals surface area contributed by atoms with Gasteiger partial charge in [0.1, 0.15) is 54.2 Å². The number of nitrogens with zero attached hydrogens (tertiary/aromatic N) is 1. The number of amides is 2. The fourth-order valence-electron chi connectivity index (χ4n) is 9.65. The Kier molecular flexibility index (Phi) is 15.7. The molecule has 2 amide bonds. The molecule has 5 fully saturated rings. The Labute approximate surface area is 367 Å². The summed E-state index contributed by atoms with van der Waals surface area (Å²) in [5.41, 5.74) is 1.16. The van der Waals surface area contributed by atoms with E-state index in [1.54, 1.807) is 41.5 Å². The van der Waals surface area contributed by atoms with Crippen molar-refractivity contribution in [2.24, 2.45) is 5.41 Å². The third-order valence-corrected chi connectivity index (χ3v) is 12.8. The van der Waals surface area contributed by atoms with E-state index in [1.165, 1.54) is 0 Å². The minimum atomic E-state index is -1.55. The number of aliphatic hydroxyl groups is 5. The van der Waals surface area contributed by atoms with Crippen LogP contribution in [-0.4, -0.2) is 142 Å². The number of hydroxylamine groups is 2. The van der Waals surface area contributed by atoms with E-state index >= 15 is 0 Å². The molecule has 4 heterocycles. The Bertz CT molecular complexity index is 1900. The SMILES string of the molecule is CCCCCC1(CCCCC)O[C@@H]2[C@H]3ON(Cc4cccc(C=CCO[C@H]5O[C@H](CO)[C@H](O)[C@H](O)[C@H]5O)c4)[C@H]4C(=O)OC(CC34C(=O)NCc3cccc(C(=O)NCCO)c3)[C@@H]2O1. The second-order valence-corrected chi connectivity index (χ2v) is 17.3. The first-order chi connectivity index (χ1) is 30.5. The highest BCUT2D eigenvalue weighted by atomic mass is 16.8. The molecule has 4 saturated heterocycles. The van der Waals surface area contributed by atoms with Gasteiger partial charge in [-0.1, -0.05) is 88.1 Å². The van der Waals surface area contributed by atoms with Gasteiger partial charge in [-0.3, -0.25) is 19.2 Å². The fraction of sp³-hybridized carbons (Fsp3) is 0.630.